The molecule has 83 heavy (non-hydrogen) atoms. The molecule has 3 unspecified atom stereocenters. The third-order valence-corrected chi connectivity index (χ3v) is 15.1. The van der Waals surface area contributed by atoms with Gasteiger partial charge in [0.15, 0.2) is 0 Å². The molecule has 0 aliphatic heterocycles. The molecule has 0 aromatic rings. The lowest BCUT2D eigenvalue weighted by molar-refractivity contribution is -0.870. The Bertz CT molecular complexity index is 1880. The number of rotatable bonds is 59. The summed E-state index contributed by atoms with van der Waals surface area (Å²) in [6.45, 7) is 6.81. The molecular formula is C73H126N2O7P+. The highest BCUT2D eigenvalue weighted by molar-refractivity contribution is 7.47. The lowest BCUT2D eigenvalue weighted by atomic mass is 10.0. The van der Waals surface area contributed by atoms with E-state index in [4.69, 9.17) is 13.8 Å². The standard InChI is InChI=1S/C73H125N2O7P/c1-7-10-13-16-19-22-25-27-29-31-33-34-35-36-37-38-39-40-42-43-45-47-50-53-56-59-62-65-72(76)74-70(69-81-83(78,79)80-68-67-75(4,5)6)71(64-61-58-55-52-49-24-21-18-15-12-9-3)82-73(77)66-63-60-57-54-51-48-46-44-41-32-30-28-26-23-20-17-14-11-8-2/h11,14,19-20,22-23,27-30,33-34,36-37,41,44,48,51,57,60-61,64,70-71H,7-10,12-13,15-18,21,24-26,31-32,35,38-40,42-43,45-47,49-50,52-56,58-59,62-63,65-69H2,1-6H3,(H-,74,76,78,79)/p+1/b14-11-,22-19-,23-20-,29-27-,30-28-,34-33-,37-36-,44-41-,51-48-,60-57-,64-61-. The highest BCUT2D eigenvalue weighted by atomic mass is 31.2. The van der Waals surface area contributed by atoms with Crippen LogP contribution in [0.5, 0.6) is 0 Å². The average molecular weight is 1170 g/mol. The number of nitrogens with zero attached hydrogens (tertiary/aromatic N) is 1. The first-order chi connectivity index (χ1) is 40.4. The minimum Gasteiger partial charge on any atom is -0.456 e. The van der Waals surface area contributed by atoms with E-state index in [2.05, 4.69) is 142 Å². The summed E-state index contributed by atoms with van der Waals surface area (Å²) in [4.78, 5) is 37.7. The van der Waals surface area contributed by atoms with E-state index < -0.39 is 25.9 Å². The van der Waals surface area contributed by atoms with Gasteiger partial charge in [-0.05, 0) is 115 Å². The van der Waals surface area contributed by atoms with E-state index in [0.717, 1.165) is 103 Å². The van der Waals surface area contributed by atoms with Crippen LogP contribution in [0.25, 0.3) is 0 Å². The Balaban J connectivity index is 5.17. The van der Waals surface area contributed by atoms with Gasteiger partial charge in [0.1, 0.15) is 19.3 Å². The maximum absolute atomic E-state index is 13.6. The fraction of sp³-hybridized carbons (Fsp3) is 0.671. The van der Waals surface area contributed by atoms with Gasteiger partial charge in [-0.15, -0.1) is 0 Å². The van der Waals surface area contributed by atoms with Crippen LogP contribution < -0.4 is 5.32 Å². The SMILES string of the molecule is CC/C=C\C/C=C\C/C=C\C/C=C\C/C=C\C/C=C\CCC(=O)OC(/C=C\CCCCCCCCCCC)C(COP(=O)(O)OCC[N+](C)(C)C)NC(=O)CCCCCCCCCCCCC/C=C\C/C=C\C/C=C\C/C=C\CCCCC. The average Bonchev–Trinajstić information content (AvgIpc) is 3.51. The van der Waals surface area contributed by atoms with Crippen LogP contribution in [0.4, 0.5) is 0 Å². The van der Waals surface area contributed by atoms with E-state index in [1.54, 1.807) is 0 Å². The lowest BCUT2D eigenvalue weighted by Crippen LogP contribution is -2.47. The van der Waals surface area contributed by atoms with E-state index in [0.29, 0.717) is 23.9 Å². The molecule has 0 aromatic heterocycles. The van der Waals surface area contributed by atoms with Crippen LogP contribution in [-0.4, -0.2) is 74.3 Å². The third-order valence-electron chi connectivity index (χ3n) is 14.1. The Morgan fingerprint density at radius 2 is 0.783 bits per heavy atom. The molecule has 0 saturated carbocycles. The van der Waals surface area contributed by atoms with Crippen molar-refractivity contribution in [1.29, 1.82) is 0 Å². The summed E-state index contributed by atoms with van der Waals surface area (Å²) < 4.78 is 30.7. The minimum atomic E-state index is -4.48. The van der Waals surface area contributed by atoms with Gasteiger partial charge in [0.25, 0.3) is 0 Å². The van der Waals surface area contributed by atoms with Gasteiger partial charge in [-0.25, -0.2) is 4.57 Å². The lowest BCUT2D eigenvalue weighted by Gasteiger charge is -2.27. The Morgan fingerprint density at radius 3 is 1.20 bits per heavy atom. The number of unbranched alkanes of at least 4 members (excludes halogenated alkanes) is 23. The van der Waals surface area contributed by atoms with Gasteiger partial charge < -0.3 is 19.4 Å². The number of hydrogen-bond acceptors (Lipinski definition) is 6. The summed E-state index contributed by atoms with van der Waals surface area (Å²) in [6, 6.07) is -0.890. The highest BCUT2D eigenvalue weighted by Crippen LogP contribution is 2.43. The van der Waals surface area contributed by atoms with Crippen LogP contribution in [0, 0.1) is 0 Å². The fourth-order valence-electron chi connectivity index (χ4n) is 8.95. The number of nitrogens with one attached hydrogen (secondary N) is 1. The first-order valence-electron chi connectivity index (χ1n) is 33.5. The molecule has 0 aliphatic rings. The molecule has 0 fully saturated rings. The largest absolute Gasteiger partial charge is 0.472 e. The van der Waals surface area contributed by atoms with Gasteiger partial charge in [0, 0.05) is 12.8 Å². The van der Waals surface area contributed by atoms with Crippen LogP contribution >= 0.6 is 7.82 Å². The van der Waals surface area contributed by atoms with Gasteiger partial charge in [-0.2, -0.15) is 0 Å². The number of amides is 1. The molecule has 0 aliphatic carbocycles. The van der Waals surface area contributed by atoms with E-state index in [1.165, 1.54) is 122 Å². The van der Waals surface area contributed by atoms with Gasteiger partial charge in [0.05, 0.1) is 33.8 Å². The zero-order valence-electron chi connectivity index (χ0n) is 54.1. The third kappa shape index (κ3) is 62.5. The van der Waals surface area contributed by atoms with Gasteiger partial charge in [0.2, 0.25) is 5.91 Å². The minimum absolute atomic E-state index is 0.0216. The number of quaternary nitrogens is 1. The molecule has 0 radical (unpaired) electrons. The number of phosphoric ester groups is 1. The van der Waals surface area contributed by atoms with Crippen molar-refractivity contribution in [3.63, 3.8) is 0 Å². The topological polar surface area (TPSA) is 111 Å². The summed E-state index contributed by atoms with van der Waals surface area (Å²) in [5.74, 6) is -0.613. The zero-order chi connectivity index (χ0) is 60.7. The zero-order valence-corrected chi connectivity index (χ0v) is 55.0. The Morgan fingerprint density at radius 1 is 0.434 bits per heavy atom. The Labute approximate surface area is 511 Å². The second-order valence-corrected chi connectivity index (χ2v) is 24.7. The van der Waals surface area contributed by atoms with Crippen molar-refractivity contribution in [1.82, 2.24) is 5.32 Å². The Kier molecular flexibility index (Phi) is 58.4. The van der Waals surface area contributed by atoms with Crippen LogP contribution in [0.3, 0.4) is 0 Å². The normalized spacial score (nSPS) is 14.4. The predicted octanol–water partition coefficient (Wildman–Crippen LogP) is 21.2. The summed E-state index contributed by atoms with van der Waals surface area (Å²) in [5, 5.41) is 3.04. The quantitative estimate of drug-likeness (QED) is 0.0205. The molecule has 9 nitrogen and oxygen atoms in total. The number of hydrogen-bond donors (Lipinski definition) is 2. The second-order valence-electron chi connectivity index (χ2n) is 23.3. The number of ether oxygens (including phenoxy) is 1. The number of esters is 1. The first kappa shape index (κ1) is 79.2. The van der Waals surface area contributed by atoms with E-state index in [9.17, 15) is 19.0 Å². The molecule has 0 heterocycles. The first-order valence-corrected chi connectivity index (χ1v) is 35.0. The number of carbonyl (C=O) groups is 2. The summed E-state index contributed by atoms with van der Waals surface area (Å²) in [6.07, 6.45) is 87.6. The molecule has 0 aromatic carbocycles. The summed E-state index contributed by atoms with van der Waals surface area (Å²) >= 11 is 0. The molecule has 0 saturated heterocycles. The molecule has 1 amide bonds. The van der Waals surface area contributed by atoms with Crippen LogP contribution in [0.1, 0.15) is 265 Å². The van der Waals surface area contributed by atoms with Crippen LogP contribution in [0.15, 0.2) is 134 Å². The molecule has 10 heteroatoms. The molecule has 474 valence electrons. The molecule has 3 atom stereocenters. The molecule has 2 N–H and O–H groups in total. The molecule has 0 spiro atoms. The van der Waals surface area contributed by atoms with Gasteiger partial charge >= 0.3 is 13.8 Å². The number of allylic oxidation sites excluding steroid dienone is 21. The maximum Gasteiger partial charge on any atom is 0.472 e. The van der Waals surface area contributed by atoms with Crippen molar-refractivity contribution in [3.8, 4) is 0 Å². The summed E-state index contributed by atoms with van der Waals surface area (Å²) in [5.41, 5.74) is 0. The number of likely N-dealkylation sites (N-methyl/N-ethyl adjacent to an activating group) is 1. The van der Waals surface area contributed by atoms with E-state index >= 15 is 0 Å². The van der Waals surface area contributed by atoms with Crippen molar-refractivity contribution >= 4 is 19.7 Å². The molecular weight excluding hydrogens is 1050 g/mol. The molecule has 0 bridgehead atoms. The van der Waals surface area contributed by atoms with Gasteiger partial charge in [-0.3, -0.25) is 18.6 Å². The second kappa shape index (κ2) is 61.2. The number of phosphoric acid groups is 1. The van der Waals surface area contributed by atoms with E-state index in [1.807, 2.05) is 39.4 Å². The van der Waals surface area contributed by atoms with Gasteiger partial charge in [-0.1, -0.05) is 270 Å². The van der Waals surface area contributed by atoms with Crippen molar-refractivity contribution in [3.05, 3.63) is 134 Å². The van der Waals surface area contributed by atoms with E-state index in [-0.39, 0.29) is 25.5 Å². The van der Waals surface area contributed by atoms with Crippen LogP contribution in [0.2, 0.25) is 0 Å². The van der Waals surface area contributed by atoms with Crippen molar-refractivity contribution in [2.75, 3.05) is 40.9 Å². The maximum atomic E-state index is 13.6. The fourth-order valence-corrected chi connectivity index (χ4v) is 9.69. The van der Waals surface area contributed by atoms with Crippen molar-refractivity contribution < 1.29 is 37.3 Å². The number of carbonyl (C=O) groups excluding carboxylic acids is 2. The van der Waals surface area contributed by atoms with Crippen molar-refractivity contribution in [2.24, 2.45) is 0 Å². The Hall–Kier alpha value is -3.85. The molecule has 0 rings (SSSR count). The monoisotopic (exact) mass is 1170 g/mol. The van der Waals surface area contributed by atoms with Crippen molar-refractivity contribution in [2.45, 2.75) is 277 Å². The highest BCUT2D eigenvalue weighted by Gasteiger charge is 2.30. The smallest absolute Gasteiger partial charge is 0.456 e. The van der Waals surface area contributed by atoms with Crippen LogP contribution in [-0.2, 0) is 27.9 Å². The predicted molar refractivity (Wildman–Crippen MR) is 359 cm³/mol. The summed E-state index contributed by atoms with van der Waals surface area (Å²) in [7, 11) is 1.44.